The Bertz CT molecular complexity index is 978. The second-order valence-electron chi connectivity index (χ2n) is 4.49. The fourth-order valence-electron chi connectivity index (χ4n) is 2.09. The lowest BCUT2D eigenvalue weighted by molar-refractivity contribution is 0.631. The molecule has 0 bridgehead atoms. The number of nitrogens with zero attached hydrogens (tertiary/aromatic N) is 2. The second-order valence-corrected chi connectivity index (χ2v) is 4.90. The third-order valence-electron chi connectivity index (χ3n) is 3.17. The molecule has 21 heavy (non-hydrogen) atoms. The highest BCUT2D eigenvalue weighted by molar-refractivity contribution is 6.33. The molecular formula is C14H9ClFN3O2. The Morgan fingerprint density at radius 2 is 2.00 bits per heavy atom. The maximum absolute atomic E-state index is 13.9. The molecule has 0 saturated heterocycles. The molecule has 5 nitrogen and oxygen atoms in total. The van der Waals surface area contributed by atoms with Gasteiger partial charge in [-0.3, -0.25) is 14.3 Å². The van der Waals surface area contributed by atoms with E-state index in [4.69, 9.17) is 11.6 Å². The summed E-state index contributed by atoms with van der Waals surface area (Å²) >= 11 is 6.10. The Hall–Kier alpha value is -2.47. The number of nitrogens with one attached hydrogen (secondary N) is 1. The standard InChI is InChI=1S/C14H9ClFN3O2/c1-19-12-8(13(20)18-14(19)21)6-9(15)11(17-12)7-4-2-3-5-10(7)16/h2-6H,1H3,(H,18,20,21). The SMILES string of the molecule is Cn1c(=O)[nH]c(=O)c2cc(Cl)c(-c3ccccc3F)nc21. The minimum atomic E-state index is -0.596. The first-order valence-corrected chi connectivity index (χ1v) is 6.41. The summed E-state index contributed by atoms with van der Waals surface area (Å²) in [6, 6.07) is 7.39. The predicted molar refractivity (Wildman–Crippen MR) is 78.0 cm³/mol. The van der Waals surface area contributed by atoms with Gasteiger partial charge in [0, 0.05) is 12.6 Å². The lowest BCUT2D eigenvalue weighted by Gasteiger charge is -2.08. The highest BCUT2D eigenvalue weighted by atomic mass is 35.5. The van der Waals surface area contributed by atoms with Crippen LogP contribution >= 0.6 is 11.6 Å². The van der Waals surface area contributed by atoms with Gasteiger partial charge < -0.3 is 0 Å². The number of fused-ring (bicyclic) bond motifs is 1. The highest BCUT2D eigenvalue weighted by Crippen LogP contribution is 2.29. The molecular weight excluding hydrogens is 297 g/mol. The summed E-state index contributed by atoms with van der Waals surface area (Å²) in [5.41, 5.74) is -0.643. The molecule has 0 radical (unpaired) electrons. The van der Waals surface area contributed by atoms with Gasteiger partial charge in [-0.1, -0.05) is 23.7 Å². The van der Waals surface area contributed by atoms with Gasteiger partial charge in [0.1, 0.15) is 11.5 Å². The number of benzene rings is 1. The van der Waals surface area contributed by atoms with Crippen LogP contribution < -0.4 is 11.2 Å². The molecule has 106 valence electrons. The van der Waals surface area contributed by atoms with Crippen LogP contribution in [0.2, 0.25) is 5.02 Å². The topological polar surface area (TPSA) is 67.8 Å². The highest BCUT2D eigenvalue weighted by Gasteiger charge is 2.15. The van der Waals surface area contributed by atoms with E-state index in [0.29, 0.717) is 0 Å². The van der Waals surface area contributed by atoms with E-state index in [1.165, 1.54) is 29.8 Å². The van der Waals surface area contributed by atoms with Crippen molar-refractivity contribution in [3.05, 3.63) is 62.0 Å². The zero-order valence-corrected chi connectivity index (χ0v) is 11.6. The van der Waals surface area contributed by atoms with E-state index in [-0.39, 0.29) is 27.3 Å². The van der Waals surface area contributed by atoms with Crippen LogP contribution in [0.15, 0.2) is 39.9 Å². The van der Waals surface area contributed by atoms with Crippen molar-refractivity contribution in [3.63, 3.8) is 0 Å². The van der Waals surface area contributed by atoms with Crippen molar-refractivity contribution in [1.29, 1.82) is 0 Å². The largest absolute Gasteiger partial charge is 0.329 e. The fraction of sp³-hybridized carbons (Fsp3) is 0.0714. The van der Waals surface area contributed by atoms with Crippen molar-refractivity contribution in [3.8, 4) is 11.3 Å². The molecule has 2 heterocycles. The van der Waals surface area contributed by atoms with Gasteiger partial charge in [-0.15, -0.1) is 0 Å². The van der Waals surface area contributed by atoms with Crippen LogP contribution in [-0.2, 0) is 7.05 Å². The van der Waals surface area contributed by atoms with Gasteiger partial charge in [-0.05, 0) is 18.2 Å². The minimum Gasteiger partial charge on any atom is -0.281 e. The third kappa shape index (κ3) is 2.13. The average Bonchev–Trinajstić information content (AvgIpc) is 2.45. The zero-order valence-electron chi connectivity index (χ0n) is 10.9. The van der Waals surface area contributed by atoms with Crippen LogP contribution in [0.5, 0.6) is 0 Å². The summed E-state index contributed by atoms with van der Waals surface area (Å²) in [5.74, 6) is -0.485. The molecule has 1 N–H and O–H groups in total. The van der Waals surface area contributed by atoms with Crippen molar-refractivity contribution in [2.24, 2.45) is 7.05 Å². The molecule has 0 fully saturated rings. The number of pyridine rings is 1. The van der Waals surface area contributed by atoms with Gasteiger partial charge >= 0.3 is 5.69 Å². The van der Waals surface area contributed by atoms with E-state index in [0.717, 1.165) is 0 Å². The first-order valence-electron chi connectivity index (χ1n) is 6.03. The van der Waals surface area contributed by atoms with Crippen molar-refractivity contribution in [2.45, 2.75) is 0 Å². The van der Waals surface area contributed by atoms with Gasteiger partial charge in [0.15, 0.2) is 0 Å². The molecule has 2 aromatic heterocycles. The second kappa shape index (κ2) is 4.82. The quantitative estimate of drug-likeness (QED) is 0.748. The minimum absolute atomic E-state index is 0.136. The van der Waals surface area contributed by atoms with Crippen LogP contribution in [0.4, 0.5) is 4.39 Å². The Balaban J connectivity index is 2.44. The van der Waals surface area contributed by atoms with Crippen LogP contribution in [0.25, 0.3) is 22.3 Å². The number of hydrogen-bond donors (Lipinski definition) is 1. The van der Waals surface area contributed by atoms with Gasteiger partial charge in [0.2, 0.25) is 0 Å². The molecule has 0 aliphatic rings. The Labute approximate surface area is 122 Å². The van der Waals surface area contributed by atoms with Crippen LogP contribution in [0.1, 0.15) is 0 Å². The molecule has 7 heteroatoms. The molecule has 0 aliphatic carbocycles. The molecule has 0 spiro atoms. The van der Waals surface area contributed by atoms with Crippen molar-refractivity contribution >= 4 is 22.6 Å². The zero-order chi connectivity index (χ0) is 15.1. The maximum Gasteiger partial charge on any atom is 0.329 e. The number of halogens is 2. The number of aryl methyl sites for hydroxylation is 1. The monoisotopic (exact) mass is 305 g/mol. The molecule has 3 aromatic rings. The van der Waals surface area contributed by atoms with Crippen LogP contribution in [0.3, 0.4) is 0 Å². The fourth-order valence-corrected chi connectivity index (χ4v) is 2.34. The first-order chi connectivity index (χ1) is 9.99. The summed E-state index contributed by atoms with van der Waals surface area (Å²) in [5, 5.41) is 0.305. The van der Waals surface area contributed by atoms with Gasteiger partial charge in [0.05, 0.1) is 16.1 Å². The number of aromatic nitrogens is 3. The van der Waals surface area contributed by atoms with E-state index in [1.54, 1.807) is 12.1 Å². The Morgan fingerprint density at radius 1 is 1.29 bits per heavy atom. The van der Waals surface area contributed by atoms with Gasteiger partial charge in [-0.2, -0.15) is 0 Å². The molecule has 0 saturated carbocycles. The molecule has 0 unspecified atom stereocenters. The Kier molecular flexibility index (Phi) is 3.10. The predicted octanol–water partition coefficient (Wildman–Crippen LogP) is 2.08. The van der Waals surface area contributed by atoms with Crippen molar-refractivity contribution in [1.82, 2.24) is 14.5 Å². The Morgan fingerprint density at radius 3 is 2.71 bits per heavy atom. The molecule has 0 aliphatic heterocycles. The number of rotatable bonds is 1. The summed E-state index contributed by atoms with van der Waals surface area (Å²) in [6.45, 7) is 0. The van der Waals surface area contributed by atoms with E-state index < -0.39 is 17.1 Å². The first kappa shape index (κ1) is 13.5. The number of aromatic amines is 1. The smallest absolute Gasteiger partial charge is 0.281 e. The van der Waals surface area contributed by atoms with Crippen molar-refractivity contribution < 1.29 is 4.39 Å². The maximum atomic E-state index is 13.9. The summed E-state index contributed by atoms with van der Waals surface area (Å²) in [7, 11) is 1.46. The average molecular weight is 306 g/mol. The van der Waals surface area contributed by atoms with E-state index in [1.807, 2.05) is 0 Å². The van der Waals surface area contributed by atoms with E-state index >= 15 is 0 Å². The lowest BCUT2D eigenvalue weighted by Crippen LogP contribution is -2.29. The van der Waals surface area contributed by atoms with Gasteiger partial charge in [0.25, 0.3) is 5.56 Å². The molecule has 0 amide bonds. The van der Waals surface area contributed by atoms with E-state index in [2.05, 4.69) is 9.97 Å². The molecule has 1 aromatic carbocycles. The number of hydrogen-bond acceptors (Lipinski definition) is 3. The summed E-state index contributed by atoms with van der Waals surface area (Å²) in [6.07, 6.45) is 0. The normalized spacial score (nSPS) is 11.0. The van der Waals surface area contributed by atoms with E-state index in [9.17, 15) is 14.0 Å². The van der Waals surface area contributed by atoms with Crippen molar-refractivity contribution in [2.75, 3.05) is 0 Å². The lowest BCUT2D eigenvalue weighted by atomic mass is 10.1. The van der Waals surface area contributed by atoms with Crippen LogP contribution in [0, 0.1) is 5.82 Å². The molecule has 3 rings (SSSR count). The summed E-state index contributed by atoms with van der Waals surface area (Å²) < 4.78 is 15.1. The molecule has 0 atom stereocenters. The van der Waals surface area contributed by atoms with Gasteiger partial charge in [-0.25, -0.2) is 14.2 Å². The third-order valence-corrected chi connectivity index (χ3v) is 3.46. The van der Waals surface area contributed by atoms with Crippen LogP contribution in [-0.4, -0.2) is 14.5 Å². The summed E-state index contributed by atoms with van der Waals surface area (Å²) in [4.78, 5) is 29.7. The number of H-pyrrole nitrogens is 1.